The molecule has 2 rings (SSSR count). The fraction of sp³-hybridized carbons (Fsp3) is 0.500. The zero-order valence-corrected chi connectivity index (χ0v) is 10.5. The van der Waals surface area contributed by atoms with Crippen molar-refractivity contribution in [3.05, 3.63) is 23.6 Å². The topological polar surface area (TPSA) is 82.7 Å². The second-order valence-corrected chi connectivity index (χ2v) is 4.44. The first-order valence-electron chi connectivity index (χ1n) is 6.15. The predicted molar refractivity (Wildman–Crippen MR) is 68.0 cm³/mol. The molecule has 2 heterocycles. The maximum Gasteiger partial charge on any atom is 0.257 e. The van der Waals surface area contributed by atoms with Gasteiger partial charge in [-0.1, -0.05) is 0 Å². The van der Waals surface area contributed by atoms with E-state index in [4.69, 9.17) is 10.8 Å². The van der Waals surface area contributed by atoms with Crippen LogP contribution in [0.15, 0.2) is 12.3 Å². The Labute approximate surface area is 110 Å². The molecular formula is C12H17FN4O2. The molecule has 0 aliphatic carbocycles. The number of halogens is 1. The number of pyridine rings is 1. The lowest BCUT2D eigenvalue weighted by molar-refractivity contribution is 0.0615. The molecule has 1 aliphatic rings. The molecule has 1 aromatic rings. The summed E-state index contributed by atoms with van der Waals surface area (Å²) in [6.07, 6.45) is 0.991. The Kier molecular flexibility index (Phi) is 4.28. The van der Waals surface area contributed by atoms with Crippen LogP contribution in [0.3, 0.4) is 0 Å². The Morgan fingerprint density at radius 3 is 2.74 bits per heavy atom. The second-order valence-electron chi connectivity index (χ2n) is 4.44. The first-order valence-corrected chi connectivity index (χ1v) is 6.15. The van der Waals surface area contributed by atoms with Crippen LogP contribution in [0, 0.1) is 5.82 Å². The molecule has 1 aliphatic heterocycles. The summed E-state index contributed by atoms with van der Waals surface area (Å²) in [4.78, 5) is 19.6. The normalized spacial score (nSPS) is 16.6. The maximum absolute atomic E-state index is 13.1. The van der Waals surface area contributed by atoms with Crippen molar-refractivity contribution in [2.24, 2.45) is 0 Å². The predicted octanol–water partition coefficient (Wildman–Crippen LogP) is -0.447. The number of hydrogen-bond donors (Lipinski definition) is 2. The van der Waals surface area contributed by atoms with Crippen molar-refractivity contribution in [1.82, 2.24) is 14.8 Å². The molecule has 1 saturated heterocycles. The molecule has 0 saturated carbocycles. The summed E-state index contributed by atoms with van der Waals surface area (Å²) < 4.78 is 13.1. The number of aromatic nitrogens is 1. The summed E-state index contributed by atoms with van der Waals surface area (Å²) in [7, 11) is 0. The third-order valence-electron chi connectivity index (χ3n) is 3.19. The molecule has 19 heavy (non-hydrogen) atoms. The number of hydrogen-bond acceptors (Lipinski definition) is 5. The minimum Gasteiger partial charge on any atom is -0.395 e. The second kappa shape index (κ2) is 5.94. The zero-order chi connectivity index (χ0) is 13.8. The number of nitrogens with two attached hydrogens (primary N) is 1. The van der Waals surface area contributed by atoms with E-state index in [1.54, 1.807) is 4.90 Å². The van der Waals surface area contributed by atoms with Crippen molar-refractivity contribution in [3.8, 4) is 0 Å². The quantitative estimate of drug-likeness (QED) is 0.776. The molecule has 6 nitrogen and oxygen atoms in total. The van der Waals surface area contributed by atoms with Gasteiger partial charge in [0.05, 0.1) is 18.4 Å². The van der Waals surface area contributed by atoms with Crippen LogP contribution in [0.2, 0.25) is 0 Å². The zero-order valence-electron chi connectivity index (χ0n) is 10.5. The van der Waals surface area contributed by atoms with Crippen LogP contribution < -0.4 is 5.73 Å². The van der Waals surface area contributed by atoms with Gasteiger partial charge < -0.3 is 15.7 Å². The Morgan fingerprint density at radius 2 is 2.11 bits per heavy atom. The van der Waals surface area contributed by atoms with E-state index >= 15 is 0 Å². The van der Waals surface area contributed by atoms with Crippen LogP contribution in [0.5, 0.6) is 0 Å². The summed E-state index contributed by atoms with van der Waals surface area (Å²) in [5, 5.41) is 8.85. The first kappa shape index (κ1) is 13.7. The molecule has 7 heteroatoms. The molecule has 1 amide bonds. The molecule has 0 unspecified atom stereocenters. The molecule has 0 bridgehead atoms. The minimum atomic E-state index is -0.573. The molecular weight excluding hydrogens is 251 g/mol. The summed E-state index contributed by atoms with van der Waals surface area (Å²) >= 11 is 0. The number of carbonyl (C=O) groups excluding carboxylic acids is 1. The standard InChI is InChI=1S/C12H17FN4O2/c13-9-7-10(11(14)15-8-9)12(19)17-3-1-16(2-4-17)5-6-18/h7-8,18H,1-6H2,(H2,14,15). The number of anilines is 1. The smallest absolute Gasteiger partial charge is 0.257 e. The van der Waals surface area contributed by atoms with Gasteiger partial charge in [0.25, 0.3) is 5.91 Å². The molecule has 1 aromatic heterocycles. The largest absolute Gasteiger partial charge is 0.395 e. The monoisotopic (exact) mass is 268 g/mol. The van der Waals surface area contributed by atoms with Crippen molar-refractivity contribution in [2.45, 2.75) is 0 Å². The summed E-state index contributed by atoms with van der Waals surface area (Å²) in [6, 6.07) is 1.12. The summed E-state index contributed by atoms with van der Waals surface area (Å²) in [6.45, 7) is 3.16. The average molecular weight is 268 g/mol. The number of carbonyl (C=O) groups is 1. The van der Waals surface area contributed by atoms with Gasteiger partial charge in [0.15, 0.2) is 0 Å². The van der Waals surface area contributed by atoms with Gasteiger partial charge in [-0.05, 0) is 6.07 Å². The number of rotatable bonds is 3. The Balaban J connectivity index is 2.03. The number of piperazine rings is 1. The van der Waals surface area contributed by atoms with Crippen LogP contribution in [0.25, 0.3) is 0 Å². The Hall–Kier alpha value is -1.73. The van der Waals surface area contributed by atoms with Crippen molar-refractivity contribution in [1.29, 1.82) is 0 Å². The lowest BCUT2D eigenvalue weighted by atomic mass is 10.2. The van der Waals surface area contributed by atoms with Gasteiger partial charge in [0.2, 0.25) is 0 Å². The van der Waals surface area contributed by atoms with Gasteiger partial charge >= 0.3 is 0 Å². The number of aliphatic hydroxyl groups excluding tert-OH is 1. The van der Waals surface area contributed by atoms with Crippen molar-refractivity contribution >= 4 is 11.7 Å². The molecule has 1 fully saturated rings. The molecule has 0 spiro atoms. The van der Waals surface area contributed by atoms with Gasteiger partial charge in [-0.15, -0.1) is 0 Å². The highest BCUT2D eigenvalue weighted by Crippen LogP contribution is 2.14. The Morgan fingerprint density at radius 1 is 1.42 bits per heavy atom. The number of amides is 1. The lowest BCUT2D eigenvalue weighted by Gasteiger charge is -2.34. The van der Waals surface area contributed by atoms with E-state index in [2.05, 4.69) is 9.88 Å². The first-order chi connectivity index (χ1) is 9.11. The Bertz CT molecular complexity index is 461. The van der Waals surface area contributed by atoms with Gasteiger partial charge in [-0.25, -0.2) is 9.37 Å². The molecule has 104 valence electrons. The van der Waals surface area contributed by atoms with E-state index in [0.29, 0.717) is 32.7 Å². The van der Waals surface area contributed by atoms with E-state index < -0.39 is 5.82 Å². The summed E-state index contributed by atoms with van der Waals surface area (Å²) in [5.41, 5.74) is 5.71. The average Bonchev–Trinajstić information content (AvgIpc) is 2.42. The van der Waals surface area contributed by atoms with Gasteiger partial charge in [-0.3, -0.25) is 9.69 Å². The minimum absolute atomic E-state index is 0.0455. The maximum atomic E-state index is 13.1. The highest BCUT2D eigenvalue weighted by Gasteiger charge is 2.23. The van der Waals surface area contributed by atoms with Gasteiger partial charge in [-0.2, -0.15) is 0 Å². The van der Waals surface area contributed by atoms with Crippen LogP contribution >= 0.6 is 0 Å². The van der Waals surface area contributed by atoms with E-state index in [9.17, 15) is 9.18 Å². The molecule has 0 radical (unpaired) electrons. The van der Waals surface area contributed by atoms with E-state index in [1.807, 2.05) is 0 Å². The summed E-state index contributed by atoms with van der Waals surface area (Å²) in [5.74, 6) is -0.825. The number of aliphatic hydroxyl groups is 1. The van der Waals surface area contributed by atoms with Crippen molar-refractivity contribution < 1.29 is 14.3 Å². The number of nitrogens with zero attached hydrogens (tertiary/aromatic N) is 3. The fourth-order valence-electron chi connectivity index (χ4n) is 2.11. The van der Waals surface area contributed by atoms with Crippen LogP contribution in [-0.4, -0.2) is 65.1 Å². The lowest BCUT2D eigenvalue weighted by Crippen LogP contribution is -2.49. The van der Waals surface area contributed by atoms with Crippen LogP contribution in [0.4, 0.5) is 10.2 Å². The highest BCUT2D eigenvalue weighted by molar-refractivity contribution is 5.98. The van der Waals surface area contributed by atoms with E-state index in [-0.39, 0.29) is 23.9 Å². The fourth-order valence-corrected chi connectivity index (χ4v) is 2.11. The highest BCUT2D eigenvalue weighted by atomic mass is 19.1. The third kappa shape index (κ3) is 3.18. The van der Waals surface area contributed by atoms with Crippen LogP contribution in [0.1, 0.15) is 10.4 Å². The molecule has 3 N–H and O–H groups in total. The van der Waals surface area contributed by atoms with E-state index in [0.717, 1.165) is 12.3 Å². The van der Waals surface area contributed by atoms with Crippen molar-refractivity contribution in [2.75, 3.05) is 45.1 Å². The molecule has 0 atom stereocenters. The number of β-amino-alcohol motifs (C(OH)–C–C–N with tert-alkyl or cyclic N) is 1. The van der Waals surface area contributed by atoms with Crippen LogP contribution in [-0.2, 0) is 0 Å². The van der Waals surface area contributed by atoms with Gasteiger partial charge in [0.1, 0.15) is 11.6 Å². The van der Waals surface area contributed by atoms with E-state index in [1.165, 1.54) is 0 Å². The number of nitrogen functional groups attached to an aromatic ring is 1. The molecule has 0 aromatic carbocycles. The third-order valence-corrected chi connectivity index (χ3v) is 3.19. The van der Waals surface area contributed by atoms with Gasteiger partial charge in [0, 0.05) is 32.7 Å². The van der Waals surface area contributed by atoms with Crippen molar-refractivity contribution in [3.63, 3.8) is 0 Å². The SMILES string of the molecule is Nc1ncc(F)cc1C(=O)N1CCN(CCO)CC1.